The predicted octanol–water partition coefficient (Wildman–Crippen LogP) is 3.01. The molecule has 1 atom stereocenters. The summed E-state index contributed by atoms with van der Waals surface area (Å²) in [5.74, 6) is -0.476. The van der Waals surface area contributed by atoms with Crippen LogP contribution in [-0.2, 0) is 9.53 Å². The van der Waals surface area contributed by atoms with Gasteiger partial charge in [0, 0.05) is 17.5 Å². The second-order valence-corrected chi connectivity index (χ2v) is 4.10. The number of ether oxygens (including phenoxy) is 1. The molecule has 0 spiro atoms. The van der Waals surface area contributed by atoms with Gasteiger partial charge in [0.15, 0.2) is 0 Å². The van der Waals surface area contributed by atoms with Crippen LogP contribution >= 0.6 is 0 Å². The van der Waals surface area contributed by atoms with Crippen LogP contribution in [0.3, 0.4) is 0 Å². The molecule has 0 aliphatic heterocycles. The van der Waals surface area contributed by atoms with Gasteiger partial charge in [-0.3, -0.25) is 14.9 Å². The molecule has 6 heteroatoms. The highest BCUT2D eigenvalue weighted by atomic mass is 16.6. The van der Waals surface area contributed by atoms with Gasteiger partial charge in [0.05, 0.1) is 11.5 Å². The molecule has 100 valence electrons. The van der Waals surface area contributed by atoms with Gasteiger partial charge in [-0.1, -0.05) is 0 Å². The third kappa shape index (κ3) is 2.57. The van der Waals surface area contributed by atoms with Crippen LogP contribution in [-0.4, -0.2) is 17.5 Å². The number of rotatable bonds is 4. The maximum atomic E-state index is 11.6. The zero-order valence-electron chi connectivity index (χ0n) is 10.6. The Bertz CT molecular complexity index is 631. The second kappa shape index (κ2) is 5.09. The number of nitro groups is 1. The summed E-state index contributed by atoms with van der Waals surface area (Å²) >= 11 is 0. The van der Waals surface area contributed by atoms with E-state index in [1.807, 2.05) is 0 Å². The molecule has 0 fully saturated rings. The molecule has 0 saturated carbocycles. The Morgan fingerprint density at radius 1 is 1.47 bits per heavy atom. The van der Waals surface area contributed by atoms with E-state index < -0.39 is 10.8 Å². The van der Waals surface area contributed by atoms with Crippen LogP contribution in [0.1, 0.15) is 25.5 Å². The van der Waals surface area contributed by atoms with Gasteiger partial charge >= 0.3 is 5.97 Å². The number of benzene rings is 1. The van der Waals surface area contributed by atoms with Crippen LogP contribution in [0.4, 0.5) is 5.69 Å². The number of carbonyl (C=O) groups excluding carboxylic acids is 1. The van der Waals surface area contributed by atoms with Crippen LogP contribution in [0.25, 0.3) is 11.0 Å². The lowest BCUT2D eigenvalue weighted by molar-refractivity contribution is -0.384. The third-order valence-electron chi connectivity index (χ3n) is 2.80. The zero-order valence-corrected chi connectivity index (χ0v) is 10.6. The first kappa shape index (κ1) is 13.1. The molecule has 1 heterocycles. The number of esters is 1. The van der Waals surface area contributed by atoms with Gasteiger partial charge in [-0.25, -0.2) is 0 Å². The lowest BCUT2D eigenvalue weighted by atomic mass is 10.1. The summed E-state index contributed by atoms with van der Waals surface area (Å²) in [5.41, 5.74) is 0.500. The second-order valence-electron chi connectivity index (χ2n) is 4.10. The highest BCUT2D eigenvalue weighted by Gasteiger charge is 2.21. The Balaban J connectivity index is 2.36. The summed E-state index contributed by atoms with van der Waals surface area (Å²) < 4.78 is 10.4. The lowest BCUT2D eigenvalue weighted by Crippen LogP contribution is -2.12. The van der Waals surface area contributed by atoms with E-state index >= 15 is 0 Å². The maximum Gasteiger partial charge on any atom is 0.316 e. The molecule has 0 aliphatic carbocycles. The molecular weight excluding hydrogens is 250 g/mol. The third-order valence-corrected chi connectivity index (χ3v) is 2.80. The lowest BCUT2D eigenvalue weighted by Gasteiger charge is -2.06. The Kier molecular flexibility index (Phi) is 3.50. The molecule has 19 heavy (non-hydrogen) atoms. The van der Waals surface area contributed by atoms with E-state index in [9.17, 15) is 14.9 Å². The molecule has 6 nitrogen and oxygen atoms in total. The fourth-order valence-electron chi connectivity index (χ4n) is 1.76. The van der Waals surface area contributed by atoms with E-state index in [1.165, 1.54) is 18.2 Å². The van der Waals surface area contributed by atoms with Crippen molar-refractivity contribution in [3.63, 3.8) is 0 Å². The van der Waals surface area contributed by atoms with E-state index in [-0.39, 0.29) is 11.7 Å². The summed E-state index contributed by atoms with van der Waals surface area (Å²) in [6, 6.07) is 5.93. The average Bonchev–Trinajstić information content (AvgIpc) is 2.80. The molecule has 1 unspecified atom stereocenters. The summed E-state index contributed by atoms with van der Waals surface area (Å²) in [5, 5.41) is 11.3. The number of nitro benzene ring substituents is 1. The monoisotopic (exact) mass is 263 g/mol. The number of hydrogen-bond acceptors (Lipinski definition) is 5. The maximum absolute atomic E-state index is 11.6. The summed E-state index contributed by atoms with van der Waals surface area (Å²) in [7, 11) is 0. The fraction of sp³-hybridized carbons (Fsp3) is 0.308. The average molecular weight is 263 g/mol. The number of furan rings is 1. The number of fused-ring (bicyclic) bond motifs is 1. The van der Waals surface area contributed by atoms with Crippen molar-refractivity contribution in [2.45, 2.75) is 19.8 Å². The number of non-ortho nitro benzene ring substituents is 1. The van der Waals surface area contributed by atoms with Crippen LogP contribution in [0.5, 0.6) is 0 Å². The SMILES string of the molecule is CCOC(=O)C(C)c1cc2cc([N+](=O)[O-])ccc2o1. The Morgan fingerprint density at radius 2 is 2.21 bits per heavy atom. The summed E-state index contributed by atoms with van der Waals surface area (Å²) in [6.45, 7) is 3.70. The molecule has 0 radical (unpaired) electrons. The van der Waals surface area contributed by atoms with Gasteiger partial charge in [0.1, 0.15) is 17.3 Å². The van der Waals surface area contributed by atoms with Gasteiger partial charge in [0.2, 0.25) is 0 Å². The van der Waals surface area contributed by atoms with Crippen molar-refractivity contribution in [1.29, 1.82) is 0 Å². The fourth-order valence-corrected chi connectivity index (χ4v) is 1.76. The van der Waals surface area contributed by atoms with E-state index in [1.54, 1.807) is 19.9 Å². The largest absolute Gasteiger partial charge is 0.465 e. The van der Waals surface area contributed by atoms with Gasteiger partial charge in [-0.05, 0) is 26.0 Å². The van der Waals surface area contributed by atoms with E-state index in [0.717, 1.165) is 0 Å². The number of nitrogens with zero attached hydrogens (tertiary/aromatic N) is 1. The Morgan fingerprint density at radius 3 is 2.84 bits per heavy atom. The topological polar surface area (TPSA) is 82.6 Å². The van der Waals surface area contributed by atoms with E-state index in [0.29, 0.717) is 23.3 Å². The van der Waals surface area contributed by atoms with Gasteiger partial charge in [-0.15, -0.1) is 0 Å². The summed E-state index contributed by atoms with van der Waals surface area (Å²) in [4.78, 5) is 21.8. The Hall–Kier alpha value is -2.37. The van der Waals surface area contributed by atoms with Crippen molar-refractivity contribution in [3.05, 3.63) is 40.1 Å². The van der Waals surface area contributed by atoms with Gasteiger partial charge in [-0.2, -0.15) is 0 Å². The van der Waals surface area contributed by atoms with Crippen molar-refractivity contribution in [1.82, 2.24) is 0 Å². The molecule has 0 bridgehead atoms. The molecule has 0 saturated heterocycles. The zero-order chi connectivity index (χ0) is 14.0. The van der Waals surface area contributed by atoms with Crippen LogP contribution in [0.15, 0.2) is 28.7 Å². The van der Waals surface area contributed by atoms with Crippen LogP contribution in [0, 0.1) is 10.1 Å². The Labute approximate surface area is 109 Å². The van der Waals surface area contributed by atoms with E-state index in [2.05, 4.69) is 0 Å². The molecular formula is C13H13NO5. The highest BCUT2D eigenvalue weighted by Crippen LogP contribution is 2.28. The number of carbonyl (C=O) groups is 1. The first-order chi connectivity index (χ1) is 9.02. The van der Waals surface area contributed by atoms with Crippen molar-refractivity contribution in [2.24, 2.45) is 0 Å². The molecule has 0 N–H and O–H groups in total. The smallest absolute Gasteiger partial charge is 0.316 e. The summed E-state index contributed by atoms with van der Waals surface area (Å²) in [6.07, 6.45) is 0. The van der Waals surface area contributed by atoms with Crippen molar-refractivity contribution in [2.75, 3.05) is 6.61 Å². The normalized spacial score (nSPS) is 12.3. The van der Waals surface area contributed by atoms with Crippen molar-refractivity contribution < 1.29 is 18.9 Å². The van der Waals surface area contributed by atoms with Gasteiger partial charge < -0.3 is 9.15 Å². The number of hydrogen-bond donors (Lipinski definition) is 0. The van der Waals surface area contributed by atoms with Gasteiger partial charge in [0.25, 0.3) is 5.69 Å². The molecule has 0 aliphatic rings. The van der Waals surface area contributed by atoms with Crippen molar-refractivity contribution >= 4 is 22.6 Å². The molecule has 2 rings (SSSR count). The standard InChI is InChI=1S/C13H13NO5/c1-3-18-13(15)8(2)12-7-9-6-10(14(16)17)4-5-11(9)19-12/h4-8H,3H2,1-2H3. The molecule has 1 aromatic heterocycles. The first-order valence-corrected chi connectivity index (χ1v) is 5.87. The van der Waals surface area contributed by atoms with E-state index in [4.69, 9.17) is 9.15 Å². The van der Waals surface area contributed by atoms with Crippen LogP contribution in [0.2, 0.25) is 0 Å². The minimum Gasteiger partial charge on any atom is -0.465 e. The highest BCUT2D eigenvalue weighted by molar-refractivity contribution is 5.83. The molecule has 1 aromatic carbocycles. The van der Waals surface area contributed by atoms with Crippen molar-refractivity contribution in [3.8, 4) is 0 Å². The predicted molar refractivity (Wildman–Crippen MR) is 67.9 cm³/mol. The minimum atomic E-state index is -0.536. The minimum absolute atomic E-state index is 0.0105. The van der Waals surface area contributed by atoms with Crippen LogP contribution < -0.4 is 0 Å². The molecule has 0 amide bonds. The first-order valence-electron chi connectivity index (χ1n) is 5.87. The quantitative estimate of drug-likeness (QED) is 0.481. The molecule has 2 aromatic rings.